The molecule has 1 atom stereocenters. The summed E-state index contributed by atoms with van der Waals surface area (Å²) in [6, 6.07) is 3.20. The lowest BCUT2D eigenvalue weighted by Gasteiger charge is -2.21. The van der Waals surface area contributed by atoms with Crippen LogP contribution in [0.1, 0.15) is 24.2 Å². The molecule has 8 nitrogen and oxygen atoms in total. The molecular weight excluding hydrogens is 276 g/mol. The molecule has 8 heteroatoms. The third-order valence-electron chi connectivity index (χ3n) is 3.07. The summed E-state index contributed by atoms with van der Waals surface area (Å²) in [6.45, 7) is 3.97. The first-order valence-electron chi connectivity index (χ1n) is 6.37. The molecule has 114 valence electrons. The highest BCUT2D eigenvalue weighted by molar-refractivity contribution is 5.94. The van der Waals surface area contributed by atoms with E-state index in [1.54, 1.807) is 14.0 Å². The summed E-state index contributed by atoms with van der Waals surface area (Å²) in [6.07, 6.45) is 0. The molecule has 0 aliphatic rings. The SMILES string of the molecule is CCN(C)C(=O)C(C)Nc1ccc(C(N)=O)cc1[N+](=O)[O-]. The predicted molar refractivity (Wildman–Crippen MR) is 78.0 cm³/mol. The Labute approximate surface area is 122 Å². The van der Waals surface area contributed by atoms with Gasteiger partial charge in [0.25, 0.3) is 5.69 Å². The lowest BCUT2D eigenvalue weighted by atomic mass is 10.1. The third-order valence-corrected chi connectivity index (χ3v) is 3.07. The topological polar surface area (TPSA) is 119 Å². The quantitative estimate of drug-likeness (QED) is 0.598. The van der Waals surface area contributed by atoms with E-state index in [4.69, 9.17) is 5.73 Å². The zero-order chi connectivity index (χ0) is 16.2. The van der Waals surface area contributed by atoms with Gasteiger partial charge in [0.15, 0.2) is 0 Å². The predicted octanol–water partition coefficient (Wildman–Crippen LogP) is 0.972. The van der Waals surface area contributed by atoms with Crippen LogP contribution < -0.4 is 11.1 Å². The van der Waals surface area contributed by atoms with Crippen LogP contribution in [0.5, 0.6) is 0 Å². The van der Waals surface area contributed by atoms with E-state index in [0.29, 0.717) is 6.54 Å². The van der Waals surface area contributed by atoms with Crippen molar-refractivity contribution in [3.8, 4) is 0 Å². The Balaban J connectivity index is 3.05. The first-order chi connectivity index (χ1) is 9.77. The van der Waals surface area contributed by atoms with Crippen LogP contribution in [-0.2, 0) is 4.79 Å². The van der Waals surface area contributed by atoms with Crippen LogP contribution in [0.4, 0.5) is 11.4 Å². The zero-order valence-electron chi connectivity index (χ0n) is 12.1. The summed E-state index contributed by atoms with van der Waals surface area (Å²) in [5.74, 6) is -0.940. The van der Waals surface area contributed by atoms with Crippen LogP contribution in [0.15, 0.2) is 18.2 Å². The number of carbonyl (C=O) groups is 2. The molecule has 0 heterocycles. The van der Waals surface area contributed by atoms with Crippen molar-refractivity contribution >= 4 is 23.2 Å². The van der Waals surface area contributed by atoms with E-state index in [9.17, 15) is 19.7 Å². The average molecular weight is 294 g/mol. The molecule has 1 rings (SSSR count). The zero-order valence-corrected chi connectivity index (χ0v) is 12.1. The number of benzene rings is 1. The largest absolute Gasteiger partial charge is 0.368 e. The number of hydrogen-bond donors (Lipinski definition) is 2. The first-order valence-corrected chi connectivity index (χ1v) is 6.37. The van der Waals surface area contributed by atoms with Crippen LogP contribution in [0.25, 0.3) is 0 Å². The number of hydrogen-bond acceptors (Lipinski definition) is 5. The fourth-order valence-corrected chi connectivity index (χ4v) is 1.74. The second-order valence-electron chi connectivity index (χ2n) is 4.57. The van der Waals surface area contributed by atoms with Gasteiger partial charge in [-0.25, -0.2) is 0 Å². The average Bonchev–Trinajstić information content (AvgIpc) is 2.45. The Hall–Kier alpha value is -2.64. The summed E-state index contributed by atoms with van der Waals surface area (Å²) in [4.78, 5) is 34.9. The number of nitro benzene ring substituents is 1. The fraction of sp³-hybridized carbons (Fsp3) is 0.385. The van der Waals surface area contributed by atoms with Crippen molar-refractivity contribution in [3.05, 3.63) is 33.9 Å². The number of nitro groups is 1. The van der Waals surface area contributed by atoms with Crippen molar-refractivity contribution in [2.75, 3.05) is 18.9 Å². The van der Waals surface area contributed by atoms with Crippen molar-refractivity contribution in [3.63, 3.8) is 0 Å². The van der Waals surface area contributed by atoms with Crippen LogP contribution in [0, 0.1) is 10.1 Å². The van der Waals surface area contributed by atoms with Gasteiger partial charge in [-0.15, -0.1) is 0 Å². The minimum Gasteiger partial charge on any atom is -0.368 e. The fourth-order valence-electron chi connectivity index (χ4n) is 1.74. The van der Waals surface area contributed by atoms with Crippen molar-refractivity contribution in [1.82, 2.24) is 4.90 Å². The second kappa shape index (κ2) is 6.69. The van der Waals surface area contributed by atoms with Crippen molar-refractivity contribution in [1.29, 1.82) is 0 Å². The monoisotopic (exact) mass is 294 g/mol. The van der Waals surface area contributed by atoms with E-state index >= 15 is 0 Å². The molecule has 1 aromatic rings. The molecule has 0 saturated heterocycles. The third kappa shape index (κ3) is 3.91. The Morgan fingerprint density at radius 3 is 2.57 bits per heavy atom. The molecule has 0 bridgehead atoms. The molecule has 1 unspecified atom stereocenters. The second-order valence-corrected chi connectivity index (χ2v) is 4.57. The molecule has 2 amide bonds. The minimum atomic E-state index is -0.750. The summed E-state index contributed by atoms with van der Waals surface area (Å²) in [5, 5.41) is 13.8. The van der Waals surface area contributed by atoms with Crippen LogP contribution >= 0.6 is 0 Å². The van der Waals surface area contributed by atoms with E-state index < -0.39 is 16.9 Å². The number of carbonyl (C=O) groups excluding carboxylic acids is 2. The maximum Gasteiger partial charge on any atom is 0.293 e. The van der Waals surface area contributed by atoms with Crippen molar-refractivity contribution < 1.29 is 14.5 Å². The van der Waals surface area contributed by atoms with E-state index in [1.165, 1.54) is 17.0 Å². The number of amides is 2. The Morgan fingerprint density at radius 2 is 2.10 bits per heavy atom. The number of rotatable bonds is 6. The molecular formula is C13H18N4O4. The number of nitrogens with two attached hydrogens (primary N) is 1. The molecule has 0 radical (unpaired) electrons. The van der Waals surface area contributed by atoms with Gasteiger partial charge in [0, 0.05) is 25.2 Å². The van der Waals surface area contributed by atoms with E-state index in [-0.39, 0.29) is 22.8 Å². The van der Waals surface area contributed by atoms with Gasteiger partial charge >= 0.3 is 0 Å². The number of anilines is 1. The van der Waals surface area contributed by atoms with Crippen molar-refractivity contribution in [2.24, 2.45) is 5.73 Å². The Bertz CT molecular complexity index is 573. The number of nitrogens with zero attached hydrogens (tertiary/aromatic N) is 2. The van der Waals surface area contributed by atoms with E-state index in [2.05, 4.69) is 5.32 Å². The molecule has 0 aliphatic carbocycles. The van der Waals surface area contributed by atoms with Gasteiger partial charge in [-0.05, 0) is 26.0 Å². The molecule has 0 aromatic heterocycles. The highest BCUT2D eigenvalue weighted by Crippen LogP contribution is 2.26. The highest BCUT2D eigenvalue weighted by Gasteiger charge is 2.22. The van der Waals surface area contributed by atoms with Gasteiger partial charge in [-0.2, -0.15) is 0 Å². The lowest BCUT2D eigenvalue weighted by Crippen LogP contribution is -2.38. The van der Waals surface area contributed by atoms with E-state index in [1.807, 2.05) is 6.92 Å². The highest BCUT2D eigenvalue weighted by atomic mass is 16.6. The van der Waals surface area contributed by atoms with Gasteiger partial charge in [0.1, 0.15) is 11.7 Å². The standard InChI is InChI=1S/C13H18N4O4/c1-4-16(3)13(19)8(2)15-10-6-5-9(12(14)18)7-11(10)17(20)21/h5-8,15H,4H2,1-3H3,(H2,14,18). The summed E-state index contributed by atoms with van der Waals surface area (Å²) in [7, 11) is 1.64. The Kier molecular flexibility index (Phi) is 5.23. The number of primary amides is 1. The lowest BCUT2D eigenvalue weighted by molar-refractivity contribution is -0.384. The maximum absolute atomic E-state index is 12.0. The van der Waals surface area contributed by atoms with Gasteiger partial charge in [0.05, 0.1) is 4.92 Å². The van der Waals surface area contributed by atoms with Crippen LogP contribution in [-0.4, -0.2) is 41.3 Å². The van der Waals surface area contributed by atoms with E-state index in [0.717, 1.165) is 6.07 Å². The van der Waals surface area contributed by atoms with Gasteiger partial charge in [-0.3, -0.25) is 19.7 Å². The van der Waals surface area contributed by atoms with Gasteiger partial charge in [0.2, 0.25) is 11.8 Å². The van der Waals surface area contributed by atoms with Crippen LogP contribution in [0.3, 0.4) is 0 Å². The molecule has 0 spiro atoms. The molecule has 0 fully saturated rings. The minimum absolute atomic E-state index is 0.0388. The molecule has 21 heavy (non-hydrogen) atoms. The van der Waals surface area contributed by atoms with Crippen LogP contribution in [0.2, 0.25) is 0 Å². The molecule has 1 aromatic carbocycles. The maximum atomic E-state index is 12.0. The molecule has 0 saturated carbocycles. The number of likely N-dealkylation sites (N-methyl/N-ethyl adjacent to an activating group) is 1. The Morgan fingerprint density at radius 1 is 1.48 bits per heavy atom. The molecule has 3 N–H and O–H groups in total. The summed E-state index contributed by atoms with van der Waals surface area (Å²) >= 11 is 0. The van der Waals surface area contributed by atoms with Crippen molar-refractivity contribution in [2.45, 2.75) is 19.9 Å². The van der Waals surface area contributed by atoms with Gasteiger partial charge in [-0.1, -0.05) is 0 Å². The molecule has 0 aliphatic heterocycles. The summed E-state index contributed by atoms with van der Waals surface area (Å²) in [5.41, 5.74) is 5.00. The first kappa shape index (κ1) is 16.4. The number of nitrogens with one attached hydrogen (secondary N) is 1. The summed E-state index contributed by atoms with van der Waals surface area (Å²) < 4.78 is 0. The smallest absolute Gasteiger partial charge is 0.293 e. The normalized spacial score (nSPS) is 11.6. The van der Waals surface area contributed by atoms with Gasteiger partial charge < -0.3 is 16.0 Å².